The van der Waals surface area contributed by atoms with E-state index in [2.05, 4.69) is 5.32 Å². The number of sulfonamides is 1. The largest absolute Gasteiger partial charge is 0.497 e. The molecule has 0 unspecified atom stereocenters. The van der Waals surface area contributed by atoms with Gasteiger partial charge in [0.15, 0.2) is 0 Å². The van der Waals surface area contributed by atoms with Gasteiger partial charge in [-0.05, 0) is 48.4 Å². The second-order valence-corrected chi connectivity index (χ2v) is 9.99. The molecule has 3 aromatic rings. The number of hydrogen-bond donors (Lipinski definition) is 1. The molecule has 0 aliphatic carbocycles. The minimum absolute atomic E-state index is 0.164. The molecule has 0 fully saturated rings. The van der Waals surface area contributed by atoms with Gasteiger partial charge in [-0.3, -0.25) is 9.10 Å². The fourth-order valence-corrected chi connectivity index (χ4v) is 4.42. The number of ether oxygens (including phenoxy) is 3. The van der Waals surface area contributed by atoms with Gasteiger partial charge in [-0.15, -0.1) is 0 Å². The van der Waals surface area contributed by atoms with Crippen LogP contribution in [-0.4, -0.2) is 47.4 Å². The normalized spacial score (nSPS) is 10.9. The number of benzene rings is 3. The average Bonchev–Trinajstić information content (AvgIpc) is 2.88. The molecule has 0 spiro atoms. The van der Waals surface area contributed by atoms with Crippen LogP contribution < -0.4 is 23.8 Å². The Bertz CT molecular complexity index is 1200. The van der Waals surface area contributed by atoms with Crippen molar-refractivity contribution in [3.8, 4) is 17.2 Å². The van der Waals surface area contributed by atoms with E-state index in [0.717, 1.165) is 11.8 Å². The molecule has 3 aromatic carbocycles. The summed E-state index contributed by atoms with van der Waals surface area (Å²) in [5.41, 5.74) is 1.57. The van der Waals surface area contributed by atoms with E-state index in [1.807, 2.05) is 48.5 Å². The average molecular weight is 513 g/mol. The highest BCUT2D eigenvalue weighted by molar-refractivity contribution is 7.92. The van der Waals surface area contributed by atoms with E-state index in [4.69, 9.17) is 14.2 Å². The number of nitrogens with zero attached hydrogens (tertiary/aromatic N) is 1. The number of rotatable bonds is 14. The second kappa shape index (κ2) is 13.4. The molecule has 1 amide bonds. The summed E-state index contributed by atoms with van der Waals surface area (Å²) in [6.07, 6.45) is 1.73. The van der Waals surface area contributed by atoms with Gasteiger partial charge < -0.3 is 19.5 Å². The van der Waals surface area contributed by atoms with Crippen LogP contribution >= 0.6 is 0 Å². The molecule has 0 aliphatic rings. The first-order valence-electron chi connectivity index (χ1n) is 11.6. The van der Waals surface area contributed by atoms with Gasteiger partial charge in [-0.2, -0.15) is 0 Å². The quantitative estimate of drug-likeness (QED) is 0.328. The number of carbonyl (C=O) groups is 1. The molecule has 0 heterocycles. The van der Waals surface area contributed by atoms with Gasteiger partial charge in [0, 0.05) is 19.0 Å². The van der Waals surface area contributed by atoms with Crippen molar-refractivity contribution < 1.29 is 27.4 Å². The highest BCUT2D eigenvalue weighted by Crippen LogP contribution is 2.23. The van der Waals surface area contributed by atoms with Crippen molar-refractivity contribution >= 4 is 21.6 Å². The molecule has 192 valence electrons. The van der Waals surface area contributed by atoms with Crippen molar-refractivity contribution in [1.82, 2.24) is 5.32 Å². The summed E-state index contributed by atoms with van der Waals surface area (Å²) in [4.78, 5) is 12.2. The van der Waals surface area contributed by atoms with E-state index >= 15 is 0 Å². The molecule has 0 saturated carbocycles. The van der Waals surface area contributed by atoms with E-state index in [-0.39, 0.29) is 18.9 Å². The highest BCUT2D eigenvalue weighted by atomic mass is 32.2. The van der Waals surface area contributed by atoms with Crippen molar-refractivity contribution in [2.75, 3.05) is 37.4 Å². The molecule has 36 heavy (non-hydrogen) atoms. The summed E-state index contributed by atoms with van der Waals surface area (Å²) in [6, 6.07) is 23.9. The predicted molar refractivity (Wildman–Crippen MR) is 140 cm³/mol. The Labute approximate surface area is 212 Å². The van der Waals surface area contributed by atoms with Crippen molar-refractivity contribution in [3.63, 3.8) is 0 Å². The van der Waals surface area contributed by atoms with Crippen molar-refractivity contribution in [1.29, 1.82) is 0 Å². The first-order chi connectivity index (χ1) is 17.3. The molecule has 9 heteroatoms. The summed E-state index contributed by atoms with van der Waals surface area (Å²) >= 11 is 0. The van der Waals surface area contributed by atoms with Crippen LogP contribution in [0.4, 0.5) is 5.69 Å². The molecule has 0 radical (unpaired) electrons. The molecular weight excluding hydrogens is 480 g/mol. The molecule has 1 N–H and O–H groups in total. The van der Waals surface area contributed by atoms with E-state index < -0.39 is 10.0 Å². The van der Waals surface area contributed by atoms with Crippen molar-refractivity contribution in [2.45, 2.75) is 19.4 Å². The molecule has 0 aliphatic heterocycles. The second-order valence-electron chi connectivity index (χ2n) is 8.08. The SMILES string of the molecule is COc1cccc(OCCNC(=O)CCCN(c2ccc(OCc3ccccc3)cc2)S(C)(=O)=O)c1. The summed E-state index contributed by atoms with van der Waals surface area (Å²) in [5.74, 6) is 1.83. The zero-order valence-corrected chi connectivity index (χ0v) is 21.4. The maximum atomic E-state index is 12.4. The van der Waals surface area contributed by atoms with Crippen LogP contribution in [0, 0.1) is 0 Å². The lowest BCUT2D eigenvalue weighted by Gasteiger charge is -2.22. The predicted octanol–water partition coefficient (Wildman–Crippen LogP) is 4.02. The van der Waals surface area contributed by atoms with Crippen LogP contribution in [0.1, 0.15) is 18.4 Å². The summed E-state index contributed by atoms with van der Waals surface area (Å²) in [5, 5.41) is 2.79. The summed E-state index contributed by atoms with van der Waals surface area (Å²) in [7, 11) is -1.93. The fraction of sp³-hybridized carbons (Fsp3) is 0.296. The molecular formula is C27H32N2O6S. The van der Waals surface area contributed by atoms with Gasteiger partial charge in [0.1, 0.15) is 30.5 Å². The van der Waals surface area contributed by atoms with Crippen molar-refractivity contribution in [2.24, 2.45) is 0 Å². The van der Waals surface area contributed by atoms with Gasteiger partial charge >= 0.3 is 0 Å². The first-order valence-corrected chi connectivity index (χ1v) is 13.5. The van der Waals surface area contributed by atoms with Crippen LogP contribution in [0.2, 0.25) is 0 Å². The van der Waals surface area contributed by atoms with Crippen molar-refractivity contribution in [3.05, 3.63) is 84.4 Å². The number of amides is 1. The third-order valence-corrected chi connectivity index (χ3v) is 6.47. The van der Waals surface area contributed by atoms with E-state index in [9.17, 15) is 13.2 Å². The van der Waals surface area contributed by atoms with Gasteiger partial charge in [0.25, 0.3) is 0 Å². The zero-order chi connectivity index (χ0) is 25.8. The standard InChI is InChI=1S/C27H32N2O6S/c1-33-25-10-6-11-26(20-25)34-19-17-28-27(30)12-7-18-29(36(2,31)32)23-13-15-24(16-14-23)35-21-22-8-4-3-5-9-22/h3-6,8-11,13-16,20H,7,12,17-19,21H2,1-2H3,(H,28,30). The van der Waals surface area contributed by atoms with Gasteiger partial charge in [0.05, 0.1) is 25.6 Å². The van der Waals surface area contributed by atoms with Gasteiger partial charge in [-0.25, -0.2) is 8.42 Å². The number of anilines is 1. The van der Waals surface area contributed by atoms with Crippen LogP contribution in [-0.2, 0) is 21.4 Å². The minimum atomic E-state index is -3.51. The smallest absolute Gasteiger partial charge is 0.232 e. The Morgan fingerprint density at radius 2 is 1.61 bits per heavy atom. The third kappa shape index (κ3) is 8.81. The van der Waals surface area contributed by atoms with Crippen LogP contribution in [0.15, 0.2) is 78.9 Å². The van der Waals surface area contributed by atoms with Crippen LogP contribution in [0.5, 0.6) is 17.2 Å². The van der Waals surface area contributed by atoms with Gasteiger partial charge in [0.2, 0.25) is 15.9 Å². The van der Waals surface area contributed by atoms with E-state index in [1.54, 1.807) is 37.4 Å². The Kier molecular flexibility index (Phi) is 10.00. The topological polar surface area (TPSA) is 94.2 Å². The first kappa shape index (κ1) is 26.9. The summed E-state index contributed by atoms with van der Waals surface area (Å²) < 4.78 is 42.6. The number of methoxy groups -OCH3 is 1. The Morgan fingerprint density at radius 3 is 2.31 bits per heavy atom. The maximum absolute atomic E-state index is 12.4. The maximum Gasteiger partial charge on any atom is 0.232 e. The van der Waals surface area contributed by atoms with E-state index in [0.29, 0.717) is 49.1 Å². The van der Waals surface area contributed by atoms with Crippen LogP contribution in [0.25, 0.3) is 0 Å². The highest BCUT2D eigenvalue weighted by Gasteiger charge is 2.17. The number of carbonyl (C=O) groups excluding carboxylic acids is 1. The minimum Gasteiger partial charge on any atom is -0.497 e. The lowest BCUT2D eigenvalue weighted by Crippen LogP contribution is -2.32. The lowest BCUT2D eigenvalue weighted by atomic mass is 10.2. The molecule has 3 rings (SSSR count). The number of nitrogens with one attached hydrogen (secondary N) is 1. The lowest BCUT2D eigenvalue weighted by molar-refractivity contribution is -0.121. The molecule has 0 aromatic heterocycles. The van der Waals surface area contributed by atoms with Crippen LogP contribution in [0.3, 0.4) is 0 Å². The number of hydrogen-bond acceptors (Lipinski definition) is 6. The zero-order valence-electron chi connectivity index (χ0n) is 20.6. The molecule has 0 bridgehead atoms. The monoisotopic (exact) mass is 512 g/mol. The Morgan fingerprint density at radius 1 is 0.889 bits per heavy atom. The molecule has 8 nitrogen and oxygen atoms in total. The Balaban J connectivity index is 1.42. The third-order valence-electron chi connectivity index (χ3n) is 5.27. The summed E-state index contributed by atoms with van der Waals surface area (Å²) in [6.45, 7) is 1.27. The Hall–Kier alpha value is -3.72. The molecule has 0 saturated heterocycles. The fourth-order valence-electron chi connectivity index (χ4n) is 3.46. The van der Waals surface area contributed by atoms with Gasteiger partial charge in [-0.1, -0.05) is 36.4 Å². The molecule has 0 atom stereocenters. The van der Waals surface area contributed by atoms with E-state index in [1.165, 1.54) is 4.31 Å².